The Morgan fingerprint density at radius 2 is 2.28 bits per heavy atom. The maximum absolute atomic E-state index is 13.8. The summed E-state index contributed by atoms with van der Waals surface area (Å²) in [6.45, 7) is 3.83. The van der Waals surface area contributed by atoms with Gasteiger partial charge in [-0.25, -0.2) is 4.39 Å². The zero-order valence-corrected chi connectivity index (χ0v) is 10.7. The highest BCUT2D eigenvalue weighted by atomic mass is 19.1. The van der Waals surface area contributed by atoms with Crippen molar-refractivity contribution in [2.75, 3.05) is 20.1 Å². The van der Waals surface area contributed by atoms with Gasteiger partial charge in [0.2, 0.25) is 0 Å². The first-order valence-electron chi connectivity index (χ1n) is 6.10. The standard InChI is InChI=1S/C14H17FN2O/c1-14(6-3-7-17(2)10-14)18-13-5-4-11(9-16)8-12(13)15/h4-5,8H,3,6-7,10H2,1-2H3. The Balaban J connectivity index is 2.16. The largest absolute Gasteiger partial charge is 0.483 e. The van der Waals surface area contributed by atoms with E-state index in [9.17, 15) is 4.39 Å². The number of rotatable bonds is 2. The van der Waals surface area contributed by atoms with Crippen LogP contribution in [0.2, 0.25) is 0 Å². The molecule has 1 atom stereocenters. The molecule has 0 bridgehead atoms. The lowest BCUT2D eigenvalue weighted by molar-refractivity contribution is 0.0126. The lowest BCUT2D eigenvalue weighted by atomic mass is 9.95. The molecule has 3 nitrogen and oxygen atoms in total. The van der Waals surface area contributed by atoms with Crippen molar-refractivity contribution in [3.63, 3.8) is 0 Å². The van der Waals surface area contributed by atoms with Gasteiger partial charge in [0.05, 0.1) is 11.6 Å². The normalized spacial score (nSPS) is 24.6. The van der Waals surface area contributed by atoms with E-state index in [4.69, 9.17) is 10.00 Å². The highest BCUT2D eigenvalue weighted by Gasteiger charge is 2.32. The maximum Gasteiger partial charge on any atom is 0.166 e. The first-order valence-corrected chi connectivity index (χ1v) is 6.10. The van der Waals surface area contributed by atoms with Gasteiger partial charge in [0.15, 0.2) is 11.6 Å². The van der Waals surface area contributed by atoms with Crippen LogP contribution >= 0.6 is 0 Å². The number of hydrogen-bond donors (Lipinski definition) is 0. The molecule has 1 aliphatic rings. The van der Waals surface area contributed by atoms with Crippen LogP contribution in [-0.4, -0.2) is 30.6 Å². The predicted octanol–water partition coefficient (Wildman–Crippen LogP) is 2.56. The van der Waals surface area contributed by atoms with Crippen molar-refractivity contribution in [1.82, 2.24) is 4.90 Å². The van der Waals surface area contributed by atoms with E-state index in [1.165, 1.54) is 12.1 Å². The summed E-state index contributed by atoms with van der Waals surface area (Å²) in [6.07, 6.45) is 1.96. The average Bonchev–Trinajstić information content (AvgIpc) is 2.31. The molecule has 1 saturated heterocycles. The molecule has 0 saturated carbocycles. The molecule has 4 heteroatoms. The lowest BCUT2D eigenvalue weighted by Crippen LogP contribution is -2.48. The number of piperidine rings is 1. The minimum atomic E-state index is -0.469. The Labute approximate surface area is 107 Å². The van der Waals surface area contributed by atoms with Gasteiger partial charge in [0, 0.05) is 6.54 Å². The van der Waals surface area contributed by atoms with Gasteiger partial charge in [-0.3, -0.25) is 0 Å². The summed E-state index contributed by atoms with van der Waals surface area (Å²) < 4.78 is 19.6. The van der Waals surface area contributed by atoms with Gasteiger partial charge in [-0.1, -0.05) is 0 Å². The Morgan fingerprint density at radius 3 is 2.89 bits per heavy atom. The molecule has 0 amide bonds. The number of ether oxygens (including phenoxy) is 1. The highest BCUT2D eigenvalue weighted by Crippen LogP contribution is 2.28. The van der Waals surface area contributed by atoms with Crippen LogP contribution in [0.5, 0.6) is 5.75 Å². The second kappa shape index (κ2) is 4.95. The molecule has 1 heterocycles. The van der Waals surface area contributed by atoms with Gasteiger partial charge in [0.1, 0.15) is 5.60 Å². The van der Waals surface area contributed by atoms with E-state index in [1.54, 1.807) is 6.07 Å². The first-order chi connectivity index (χ1) is 8.52. The minimum absolute atomic E-state index is 0.229. The smallest absolute Gasteiger partial charge is 0.166 e. The van der Waals surface area contributed by atoms with Gasteiger partial charge in [-0.15, -0.1) is 0 Å². The van der Waals surface area contributed by atoms with Crippen LogP contribution in [0.25, 0.3) is 0 Å². The van der Waals surface area contributed by atoms with Gasteiger partial charge in [0.25, 0.3) is 0 Å². The summed E-state index contributed by atoms with van der Waals surface area (Å²) in [5.41, 5.74) is -0.0482. The van der Waals surface area contributed by atoms with E-state index < -0.39 is 5.82 Å². The van der Waals surface area contributed by atoms with Gasteiger partial charge in [-0.2, -0.15) is 5.26 Å². The zero-order chi connectivity index (χ0) is 13.2. The first kappa shape index (κ1) is 12.8. The Kier molecular flexibility index (Phi) is 3.53. The molecule has 1 aliphatic heterocycles. The Bertz CT molecular complexity index is 483. The molecule has 0 radical (unpaired) electrons. The number of benzene rings is 1. The molecule has 0 spiro atoms. The van der Waals surface area contributed by atoms with E-state index in [-0.39, 0.29) is 11.4 Å². The van der Waals surface area contributed by atoms with Gasteiger partial charge >= 0.3 is 0 Å². The molecule has 1 fully saturated rings. The molecule has 18 heavy (non-hydrogen) atoms. The molecule has 0 N–H and O–H groups in total. The zero-order valence-electron chi connectivity index (χ0n) is 10.7. The summed E-state index contributed by atoms with van der Waals surface area (Å²) in [5, 5.41) is 8.70. The third-order valence-corrected chi connectivity index (χ3v) is 3.27. The lowest BCUT2D eigenvalue weighted by Gasteiger charge is -2.39. The maximum atomic E-state index is 13.8. The molecule has 2 rings (SSSR count). The fourth-order valence-corrected chi connectivity index (χ4v) is 2.45. The van der Waals surface area contributed by atoms with Crippen molar-refractivity contribution in [2.24, 2.45) is 0 Å². The topological polar surface area (TPSA) is 36.3 Å². The second-order valence-corrected chi connectivity index (χ2v) is 5.15. The fraction of sp³-hybridized carbons (Fsp3) is 0.500. The molecule has 0 aromatic heterocycles. The summed E-state index contributed by atoms with van der Waals surface area (Å²) in [4.78, 5) is 2.19. The molecule has 1 aromatic rings. The third kappa shape index (κ3) is 2.80. The van der Waals surface area contributed by atoms with E-state index in [0.717, 1.165) is 25.9 Å². The van der Waals surface area contributed by atoms with Crippen molar-refractivity contribution in [1.29, 1.82) is 5.26 Å². The van der Waals surface area contributed by atoms with Crippen molar-refractivity contribution in [2.45, 2.75) is 25.4 Å². The van der Waals surface area contributed by atoms with Crippen LogP contribution in [0.15, 0.2) is 18.2 Å². The van der Waals surface area contributed by atoms with Crippen molar-refractivity contribution >= 4 is 0 Å². The molecule has 1 unspecified atom stereocenters. The molecular weight excluding hydrogens is 231 g/mol. The third-order valence-electron chi connectivity index (χ3n) is 3.27. The predicted molar refractivity (Wildman–Crippen MR) is 66.9 cm³/mol. The number of likely N-dealkylation sites (N-methyl/N-ethyl adjacent to an activating group) is 1. The van der Waals surface area contributed by atoms with Crippen LogP contribution in [-0.2, 0) is 0 Å². The SMILES string of the molecule is CN1CCCC(C)(Oc2ccc(C#N)cc2F)C1. The summed E-state index contributed by atoms with van der Waals surface area (Å²) in [6, 6.07) is 6.24. The van der Waals surface area contributed by atoms with E-state index in [1.807, 2.05) is 20.0 Å². The highest BCUT2D eigenvalue weighted by molar-refractivity contribution is 5.36. The van der Waals surface area contributed by atoms with E-state index in [2.05, 4.69) is 4.90 Å². The number of likely N-dealkylation sites (tertiary alicyclic amines) is 1. The van der Waals surface area contributed by atoms with E-state index >= 15 is 0 Å². The van der Waals surface area contributed by atoms with Crippen molar-refractivity contribution in [3.05, 3.63) is 29.6 Å². The Morgan fingerprint density at radius 1 is 1.50 bits per heavy atom. The number of halogens is 1. The van der Waals surface area contributed by atoms with Gasteiger partial charge < -0.3 is 9.64 Å². The number of hydrogen-bond acceptors (Lipinski definition) is 3. The monoisotopic (exact) mass is 248 g/mol. The van der Waals surface area contributed by atoms with Gasteiger partial charge in [-0.05, 0) is 51.6 Å². The van der Waals surface area contributed by atoms with Crippen LogP contribution < -0.4 is 4.74 Å². The molecular formula is C14H17FN2O. The Hall–Kier alpha value is -1.60. The summed E-state index contributed by atoms with van der Waals surface area (Å²) in [7, 11) is 2.04. The quantitative estimate of drug-likeness (QED) is 0.807. The van der Waals surface area contributed by atoms with Crippen molar-refractivity contribution in [3.8, 4) is 11.8 Å². The van der Waals surface area contributed by atoms with Crippen LogP contribution in [0.4, 0.5) is 4.39 Å². The number of nitriles is 1. The summed E-state index contributed by atoms with van der Waals surface area (Å²) >= 11 is 0. The number of nitrogens with zero attached hydrogens (tertiary/aromatic N) is 2. The van der Waals surface area contributed by atoms with E-state index in [0.29, 0.717) is 5.56 Å². The molecule has 96 valence electrons. The van der Waals surface area contributed by atoms with Crippen LogP contribution in [0, 0.1) is 17.1 Å². The molecule has 1 aromatic carbocycles. The van der Waals surface area contributed by atoms with Crippen LogP contribution in [0.1, 0.15) is 25.3 Å². The summed E-state index contributed by atoms with van der Waals surface area (Å²) in [5.74, 6) is -0.240. The average molecular weight is 248 g/mol. The second-order valence-electron chi connectivity index (χ2n) is 5.15. The fourth-order valence-electron chi connectivity index (χ4n) is 2.45. The van der Waals surface area contributed by atoms with Crippen LogP contribution in [0.3, 0.4) is 0 Å². The minimum Gasteiger partial charge on any atom is -0.483 e. The molecule has 0 aliphatic carbocycles. The van der Waals surface area contributed by atoms with Crippen molar-refractivity contribution < 1.29 is 9.13 Å².